The maximum Gasteiger partial charge on any atom is 0.245 e. The van der Waals surface area contributed by atoms with Gasteiger partial charge in [-0.1, -0.05) is 5.92 Å². The minimum atomic E-state index is -3.68. The Morgan fingerprint density at radius 1 is 1.30 bits per heavy atom. The number of benzene rings is 1. The first-order chi connectivity index (χ1) is 9.45. The van der Waals surface area contributed by atoms with Gasteiger partial charge in [0.2, 0.25) is 10.0 Å². The highest BCUT2D eigenvalue weighted by Crippen LogP contribution is 2.24. The zero-order valence-electron chi connectivity index (χ0n) is 10.9. The first kappa shape index (κ1) is 14.8. The summed E-state index contributed by atoms with van der Waals surface area (Å²) in [5.74, 6) is 1.98. The monoisotopic (exact) mass is 297 g/mol. The number of nitrogens with zero attached hydrogens (tertiary/aromatic N) is 2. The van der Waals surface area contributed by atoms with E-state index in [9.17, 15) is 12.8 Å². The summed E-state index contributed by atoms with van der Waals surface area (Å²) in [6.45, 7) is 2.35. The summed E-state index contributed by atoms with van der Waals surface area (Å²) in [6.07, 6.45) is 5.23. The first-order valence-electron chi connectivity index (χ1n) is 6.16. The van der Waals surface area contributed by atoms with Crippen molar-refractivity contribution in [2.45, 2.75) is 4.90 Å². The molecule has 1 aliphatic rings. The van der Waals surface area contributed by atoms with Gasteiger partial charge < -0.3 is 5.73 Å². The van der Waals surface area contributed by atoms with Crippen molar-refractivity contribution in [2.75, 3.05) is 38.5 Å². The van der Waals surface area contributed by atoms with Crippen LogP contribution in [-0.2, 0) is 10.0 Å². The fraction of sp³-hybridized carbons (Fsp3) is 0.385. The van der Waals surface area contributed by atoms with Crippen LogP contribution in [0.25, 0.3) is 0 Å². The molecule has 1 heterocycles. The van der Waals surface area contributed by atoms with Gasteiger partial charge in [-0.05, 0) is 18.2 Å². The molecule has 0 bridgehead atoms. The number of halogens is 1. The molecule has 2 N–H and O–H groups in total. The number of terminal acetylenes is 1. The van der Waals surface area contributed by atoms with Crippen molar-refractivity contribution in [1.29, 1.82) is 0 Å². The normalized spacial score (nSPS) is 17.8. The second-order valence-corrected chi connectivity index (χ2v) is 6.47. The van der Waals surface area contributed by atoms with Crippen molar-refractivity contribution in [3.05, 3.63) is 24.0 Å². The highest BCUT2D eigenvalue weighted by Gasteiger charge is 2.29. The Labute approximate surface area is 118 Å². The van der Waals surface area contributed by atoms with Gasteiger partial charge in [-0.2, -0.15) is 4.31 Å². The third-order valence-corrected chi connectivity index (χ3v) is 5.21. The molecule has 1 aromatic rings. The van der Waals surface area contributed by atoms with E-state index in [1.165, 1.54) is 10.4 Å². The molecule has 7 heteroatoms. The molecule has 0 aliphatic carbocycles. The molecule has 0 saturated carbocycles. The van der Waals surface area contributed by atoms with Crippen molar-refractivity contribution in [1.82, 2.24) is 9.21 Å². The van der Waals surface area contributed by atoms with Crippen LogP contribution in [0.5, 0.6) is 0 Å². The third-order valence-electron chi connectivity index (χ3n) is 3.24. The maximum atomic E-state index is 13.0. The summed E-state index contributed by atoms with van der Waals surface area (Å²) in [6, 6.07) is 3.31. The van der Waals surface area contributed by atoms with Crippen LogP contribution >= 0.6 is 0 Å². The van der Waals surface area contributed by atoms with E-state index in [0.29, 0.717) is 32.7 Å². The Hall–Kier alpha value is -1.62. The predicted molar refractivity (Wildman–Crippen MR) is 74.8 cm³/mol. The second kappa shape index (κ2) is 5.79. The summed E-state index contributed by atoms with van der Waals surface area (Å²) >= 11 is 0. The lowest BCUT2D eigenvalue weighted by molar-refractivity contribution is 0.207. The second-order valence-electron chi connectivity index (χ2n) is 4.57. The van der Waals surface area contributed by atoms with Gasteiger partial charge in [0.1, 0.15) is 10.7 Å². The molecule has 5 nitrogen and oxygen atoms in total. The first-order valence-corrected chi connectivity index (χ1v) is 7.60. The topological polar surface area (TPSA) is 66.6 Å². The van der Waals surface area contributed by atoms with E-state index in [2.05, 4.69) is 5.92 Å². The van der Waals surface area contributed by atoms with Gasteiger partial charge in [0.15, 0.2) is 0 Å². The van der Waals surface area contributed by atoms with Crippen LogP contribution in [0.1, 0.15) is 0 Å². The Morgan fingerprint density at radius 2 is 1.95 bits per heavy atom. The van der Waals surface area contributed by atoms with Crippen molar-refractivity contribution in [3.8, 4) is 12.3 Å². The molecule has 20 heavy (non-hydrogen) atoms. The zero-order valence-corrected chi connectivity index (χ0v) is 11.7. The van der Waals surface area contributed by atoms with Gasteiger partial charge >= 0.3 is 0 Å². The lowest BCUT2D eigenvalue weighted by atomic mass is 10.3. The van der Waals surface area contributed by atoms with E-state index < -0.39 is 15.8 Å². The minimum absolute atomic E-state index is 0.0516. The smallest absolute Gasteiger partial charge is 0.245 e. The summed E-state index contributed by atoms with van der Waals surface area (Å²) in [5, 5.41) is 0. The lowest BCUT2D eigenvalue weighted by Gasteiger charge is -2.33. The van der Waals surface area contributed by atoms with Crippen molar-refractivity contribution in [2.24, 2.45) is 0 Å². The van der Waals surface area contributed by atoms with E-state index in [-0.39, 0.29) is 10.6 Å². The molecule has 0 radical (unpaired) electrons. The molecule has 0 amide bonds. The van der Waals surface area contributed by atoms with Crippen molar-refractivity contribution in [3.63, 3.8) is 0 Å². The Kier molecular flexibility index (Phi) is 4.28. The molecule has 108 valence electrons. The molecule has 1 saturated heterocycles. The van der Waals surface area contributed by atoms with Crippen LogP contribution in [0.15, 0.2) is 23.1 Å². The van der Waals surface area contributed by atoms with Gasteiger partial charge in [0.05, 0.1) is 12.2 Å². The van der Waals surface area contributed by atoms with Crippen molar-refractivity contribution >= 4 is 15.7 Å². The van der Waals surface area contributed by atoms with Crippen molar-refractivity contribution < 1.29 is 12.8 Å². The third kappa shape index (κ3) is 2.93. The summed E-state index contributed by atoms with van der Waals surface area (Å²) in [5.41, 5.74) is 5.53. The summed E-state index contributed by atoms with van der Waals surface area (Å²) in [4.78, 5) is 1.95. The van der Waals surface area contributed by atoms with Crippen LogP contribution < -0.4 is 5.73 Å². The highest BCUT2D eigenvalue weighted by molar-refractivity contribution is 7.89. The minimum Gasteiger partial charge on any atom is -0.398 e. The van der Waals surface area contributed by atoms with E-state index in [4.69, 9.17) is 12.2 Å². The quantitative estimate of drug-likeness (QED) is 0.646. The molecular formula is C13H16FN3O2S. The standard InChI is InChI=1S/C13H16FN3O2S/c1-2-5-16-6-8-17(9-7-16)20(18,19)13-4-3-11(14)10-12(13)15/h1,3-4,10H,5-9,15H2. The molecule has 2 rings (SSSR count). The van der Waals surface area contributed by atoms with E-state index in [0.717, 1.165) is 12.1 Å². The van der Waals surface area contributed by atoms with Gasteiger partial charge in [-0.15, -0.1) is 6.42 Å². The molecule has 0 aromatic heterocycles. The molecule has 0 unspecified atom stereocenters. The fourth-order valence-electron chi connectivity index (χ4n) is 2.15. The van der Waals surface area contributed by atoms with Crippen LogP contribution in [0.2, 0.25) is 0 Å². The maximum absolute atomic E-state index is 13.0. The average Bonchev–Trinajstić information content (AvgIpc) is 2.39. The number of piperazine rings is 1. The van der Waals surface area contributed by atoms with Gasteiger partial charge in [0, 0.05) is 26.2 Å². The number of rotatable bonds is 3. The number of anilines is 1. The van der Waals surface area contributed by atoms with Crippen LogP contribution in [-0.4, -0.2) is 50.3 Å². The van der Waals surface area contributed by atoms with Crippen LogP contribution in [0.3, 0.4) is 0 Å². The molecular weight excluding hydrogens is 281 g/mol. The molecule has 0 spiro atoms. The number of nitrogen functional groups attached to an aromatic ring is 1. The summed E-state index contributed by atoms with van der Waals surface area (Å²) in [7, 11) is -3.68. The number of sulfonamides is 1. The molecule has 0 atom stereocenters. The Morgan fingerprint density at radius 3 is 2.50 bits per heavy atom. The van der Waals surface area contributed by atoms with Crippen LogP contribution in [0.4, 0.5) is 10.1 Å². The summed E-state index contributed by atoms with van der Waals surface area (Å²) < 4.78 is 39.2. The average molecular weight is 297 g/mol. The predicted octanol–water partition coefficient (Wildman–Crippen LogP) is 0.347. The zero-order chi connectivity index (χ0) is 14.8. The SMILES string of the molecule is C#CCN1CCN(S(=O)(=O)c2ccc(F)cc2N)CC1. The molecule has 1 aromatic carbocycles. The lowest BCUT2D eigenvalue weighted by Crippen LogP contribution is -2.48. The Balaban J connectivity index is 2.18. The van der Waals surface area contributed by atoms with E-state index in [1.807, 2.05) is 4.90 Å². The number of nitrogens with two attached hydrogens (primary N) is 1. The van der Waals surface area contributed by atoms with Gasteiger partial charge in [-0.3, -0.25) is 4.90 Å². The fourth-order valence-corrected chi connectivity index (χ4v) is 3.67. The van der Waals surface area contributed by atoms with E-state index >= 15 is 0 Å². The highest BCUT2D eigenvalue weighted by atomic mass is 32.2. The van der Waals surface area contributed by atoms with Gasteiger partial charge in [-0.25, -0.2) is 12.8 Å². The largest absolute Gasteiger partial charge is 0.398 e. The number of hydrogen-bond donors (Lipinski definition) is 1. The van der Waals surface area contributed by atoms with Gasteiger partial charge in [0.25, 0.3) is 0 Å². The molecule has 1 aliphatic heterocycles. The molecule has 1 fully saturated rings. The van der Waals surface area contributed by atoms with E-state index in [1.54, 1.807) is 0 Å². The Bertz CT molecular complexity index is 632. The van der Waals surface area contributed by atoms with Crippen LogP contribution in [0, 0.1) is 18.2 Å². The number of hydrogen-bond acceptors (Lipinski definition) is 4.